The number of halogens is 3. The zero-order valence-corrected chi connectivity index (χ0v) is 23.4. The number of nitrogens with zero attached hydrogens (tertiary/aromatic N) is 5. The number of nitrogens with two attached hydrogens (primary N) is 2. The van der Waals surface area contributed by atoms with E-state index in [2.05, 4.69) is 15.2 Å². The minimum Gasteiger partial charge on any atom is -0.396 e. The number of anilines is 2. The molecule has 1 aliphatic heterocycles. The van der Waals surface area contributed by atoms with Gasteiger partial charge in [-0.1, -0.05) is 18.2 Å². The molecule has 1 aliphatic carbocycles. The highest BCUT2D eigenvalue weighted by Gasteiger charge is 2.32. The number of carbonyl (C=O) groups is 1. The molecule has 2 aliphatic rings. The van der Waals surface area contributed by atoms with Gasteiger partial charge in [-0.2, -0.15) is 13.2 Å². The fourth-order valence-corrected chi connectivity index (χ4v) is 4.95. The number of fused-ring (bicyclic) bond motifs is 1. The van der Waals surface area contributed by atoms with Gasteiger partial charge in [0.15, 0.2) is 0 Å². The Bertz CT molecular complexity index is 1610. The summed E-state index contributed by atoms with van der Waals surface area (Å²) >= 11 is 0. The Balaban J connectivity index is 1.40. The number of alkyl halides is 3. The molecule has 1 amide bonds. The van der Waals surface area contributed by atoms with Crippen molar-refractivity contribution in [2.24, 2.45) is 11.6 Å². The van der Waals surface area contributed by atoms with E-state index >= 15 is 0 Å². The number of aromatic nitrogens is 2. The van der Waals surface area contributed by atoms with Gasteiger partial charge in [0.2, 0.25) is 0 Å². The molecule has 0 radical (unpaired) electrons. The molecule has 3 heterocycles. The summed E-state index contributed by atoms with van der Waals surface area (Å²) < 4.78 is 43.2. The molecule has 5 N–H and O–H groups in total. The highest BCUT2D eigenvalue weighted by atomic mass is 19.4. The Morgan fingerprint density at radius 3 is 2.62 bits per heavy atom. The highest BCUT2D eigenvalue weighted by Crippen LogP contribution is 2.35. The summed E-state index contributed by atoms with van der Waals surface area (Å²) in [5.74, 6) is 5.85. The first-order valence-electron chi connectivity index (χ1n) is 13.5. The van der Waals surface area contributed by atoms with Crippen LogP contribution in [-0.2, 0) is 11.0 Å². The molecule has 2 aromatic heterocycles. The minimum absolute atomic E-state index is 0.0647. The van der Waals surface area contributed by atoms with E-state index in [0.29, 0.717) is 42.3 Å². The molecule has 0 saturated carbocycles. The average Bonchev–Trinajstić information content (AvgIpc) is 3.28. The standard InChI is InChI=1S/C30H33F3N8O/c1-20-6-5-7-21(14-26(20)41(35)19-25(34)27-18-36-28-8-3-4-9-40(27)28)29(42)37-23-15-22(30(31,32)33)16-24(17-23)39-12-10-38(2)11-13-39/h3-4,6-9,14-19H,5,10-13,34-35H2,1-2H3,(H,37,42)/b25-19-. The quantitative estimate of drug-likeness (QED) is 0.295. The van der Waals surface area contributed by atoms with Crippen molar-refractivity contribution < 1.29 is 18.0 Å². The van der Waals surface area contributed by atoms with Crippen LogP contribution in [0, 0.1) is 0 Å². The lowest BCUT2D eigenvalue weighted by Gasteiger charge is -2.34. The van der Waals surface area contributed by atoms with Gasteiger partial charge in [-0.05, 0) is 62.4 Å². The lowest BCUT2D eigenvalue weighted by atomic mass is 10.1. The highest BCUT2D eigenvalue weighted by molar-refractivity contribution is 6.06. The van der Waals surface area contributed by atoms with Crippen molar-refractivity contribution in [2.75, 3.05) is 43.4 Å². The first-order chi connectivity index (χ1) is 20.0. The summed E-state index contributed by atoms with van der Waals surface area (Å²) in [6.07, 6.45) is 6.09. The van der Waals surface area contributed by atoms with Crippen molar-refractivity contribution in [3.05, 3.63) is 101 Å². The molecule has 220 valence electrons. The maximum Gasteiger partial charge on any atom is 0.416 e. The van der Waals surface area contributed by atoms with Crippen LogP contribution in [0.5, 0.6) is 0 Å². The molecule has 5 rings (SSSR count). The topological polar surface area (TPSA) is 108 Å². The van der Waals surface area contributed by atoms with E-state index in [1.807, 2.05) is 53.7 Å². The number of nitrogens with one attached hydrogen (secondary N) is 1. The third kappa shape index (κ3) is 6.34. The lowest BCUT2D eigenvalue weighted by Crippen LogP contribution is -2.44. The van der Waals surface area contributed by atoms with E-state index in [4.69, 9.17) is 11.6 Å². The smallest absolute Gasteiger partial charge is 0.396 e. The van der Waals surface area contributed by atoms with Crippen molar-refractivity contribution in [1.29, 1.82) is 0 Å². The van der Waals surface area contributed by atoms with Gasteiger partial charge in [-0.25, -0.2) is 10.8 Å². The van der Waals surface area contributed by atoms with Gasteiger partial charge in [-0.15, -0.1) is 0 Å². The first-order valence-corrected chi connectivity index (χ1v) is 13.5. The van der Waals surface area contributed by atoms with Gasteiger partial charge in [0.1, 0.15) is 5.65 Å². The van der Waals surface area contributed by atoms with Gasteiger partial charge in [0.05, 0.1) is 28.8 Å². The van der Waals surface area contributed by atoms with E-state index in [9.17, 15) is 18.0 Å². The summed E-state index contributed by atoms with van der Waals surface area (Å²) in [7, 11) is 1.97. The number of benzene rings is 1. The van der Waals surface area contributed by atoms with Gasteiger partial charge in [-0.3, -0.25) is 14.2 Å². The van der Waals surface area contributed by atoms with Crippen LogP contribution < -0.4 is 21.8 Å². The summed E-state index contributed by atoms with van der Waals surface area (Å²) in [6, 6.07) is 9.25. The maximum atomic E-state index is 13.8. The summed E-state index contributed by atoms with van der Waals surface area (Å²) in [4.78, 5) is 21.7. The zero-order chi connectivity index (χ0) is 30.0. The van der Waals surface area contributed by atoms with Crippen LogP contribution in [-0.4, -0.2) is 58.4 Å². The number of imidazole rings is 1. The Kier molecular flexibility index (Phi) is 8.10. The van der Waals surface area contributed by atoms with E-state index in [0.717, 1.165) is 36.4 Å². The molecular weight excluding hydrogens is 545 g/mol. The number of hydrogen-bond donors (Lipinski definition) is 3. The second-order valence-corrected chi connectivity index (χ2v) is 10.4. The SMILES string of the molecule is CC1=CCC=C(C(=O)Nc2cc(N3CCN(C)CC3)cc(C(F)(F)F)c2)C=C1N(N)/C=C(\N)c1cnc2ccccn12. The summed E-state index contributed by atoms with van der Waals surface area (Å²) in [5.41, 5.74) is 9.31. The molecule has 0 spiro atoms. The average molecular weight is 579 g/mol. The molecule has 0 bridgehead atoms. The van der Waals surface area contributed by atoms with E-state index in [1.54, 1.807) is 24.4 Å². The number of carbonyl (C=O) groups excluding carboxylic acids is 1. The number of piperazine rings is 1. The lowest BCUT2D eigenvalue weighted by molar-refractivity contribution is -0.137. The molecule has 42 heavy (non-hydrogen) atoms. The predicted molar refractivity (Wildman–Crippen MR) is 158 cm³/mol. The van der Waals surface area contributed by atoms with Gasteiger partial charge < -0.3 is 20.9 Å². The van der Waals surface area contributed by atoms with Crippen molar-refractivity contribution in [1.82, 2.24) is 19.3 Å². The maximum absolute atomic E-state index is 13.8. The molecule has 0 atom stereocenters. The van der Waals surface area contributed by atoms with Crippen LogP contribution in [0.4, 0.5) is 24.5 Å². The number of amides is 1. The molecular formula is C30H33F3N8O. The Morgan fingerprint density at radius 2 is 1.88 bits per heavy atom. The van der Waals surface area contributed by atoms with Crippen LogP contribution in [0.3, 0.4) is 0 Å². The van der Waals surface area contributed by atoms with Crippen molar-refractivity contribution in [3.8, 4) is 0 Å². The summed E-state index contributed by atoms with van der Waals surface area (Å²) in [6.45, 7) is 4.50. The van der Waals surface area contributed by atoms with Crippen LogP contribution in [0.2, 0.25) is 0 Å². The van der Waals surface area contributed by atoms with Crippen LogP contribution >= 0.6 is 0 Å². The van der Waals surface area contributed by atoms with Crippen LogP contribution in [0.25, 0.3) is 11.3 Å². The van der Waals surface area contributed by atoms with Gasteiger partial charge >= 0.3 is 6.18 Å². The molecule has 1 aromatic carbocycles. The number of pyridine rings is 1. The van der Waals surface area contributed by atoms with E-state index < -0.39 is 17.6 Å². The number of hydrogen-bond acceptors (Lipinski definition) is 7. The predicted octanol–water partition coefficient (Wildman–Crippen LogP) is 4.34. The number of hydrazine groups is 1. The van der Waals surface area contributed by atoms with Gasteiger partial charge in [0.25, 0.3) is 5.91 Å². The Morgan fingerprint density at radius 1 is 1.12 bits per heavy atom. The monoisotopic (exact) mass is 578 g/mol. The zero-order valence-electron chi connectivity index (χ0n) is 23.4. The molecule has 1 fully saturated rings. The second kappa shape index (κ2) is 11.7. The van der Waals surface area contributed by atoms with Crippen LogP contribution in [0.1, 0.15) is 24.6 Å². The largest absolute Gasteiger partial charge is 0.416 e. The molecule has 1 saturated heterocycles. The van der Waals surface area contributed by atoms with Crippen molar-refractivity contribution in [3.63, 3.8) is 0 Å². The Labute approximate surface area is 241 Å². The van der Waals surface area contributed by atoms with Gasteiger partial charge in [0, 0.05) is 55.5 Å². The molecule has 3 aromatic rings. The number of allylic oxidation sites excluding steroid dienone is 3. The first kappa shape index (κ1) is 29.0. The van der Waals surface area contributed by atoms with Crippen molar-refractivity contribution >= 4 is 28.6 Å². The second-order valence-electron chi connectivity index (χ2n) is 10.4. The Hall–Kier alpha value is -4.55. The summed E-state index contributed by atoms with van der Waals surface area (Å²) in [5, 5.41) is 4.00. The van der Waals surface area contributed by atoms with Crippen LogP contribution in [0.15, 0.2) is 90.1 Å². The normalized spacial score (nSPS) is 17.0. The molecule has 9 nitrogen and oxygen atoms in total. The van der Waals surface area contributed by atoms with Crippen molar-refractivity contribution in [2.45, 2.75) is 19.5 Å². The fourth-order valence-electron chi connectivity index (χ4n) is 4.95. The molecule has 0 unspecified atom stereocenters. The van der Waals surface area contributed by atoms with E-state index in [1.165, 1.54) is 11.2 Å². The number of likely N-dealkylation sites (N-methyl/N-ethyl adjacent to an activating group) is 1. The third-order valence-electron chi connectivity index (χ3n) is 7.36. The molecule has 12 heteroatoms. The van der Waals surface area contributed by atoms with E-state index in [-0.39, 0.29) is 11.3 Å². The number of rotatable bonds is 6. The minimum atomic E-state index is -4.56. The third-order valence-corrected chi connectivity index (χ3v) is 7.36. The fraction of sp³-hybridized carbons (Fsp3) is 0.267.